The van der Waals surface area contributed by atoms with Gasteiger partial charge in [-0.15, -0.1) is 0 Å². The second-order valence-electron chi connectivity index (χ2n) is 8.83. The number of aromatic hydroxyl groups is 2. The molecular weight excluding hydrogens is 408 g/mol. The lowest BCUT2D eigenvalue weighted by Gasteiger charge is -2.33. The van der Waals surface area contributed by atoms with Crippen molar-refractivity contribution in [3.63, 3.8) is 0 Å². The van der Waals surface area contributed by atoms with Crippen molar-refractivity contribution in [1.82, 2.24) is 0 Å². The monoisotopic (exact) mass is 432 g/mol. The average molecular weight is 432 g/mol. The Balaban J connectivity index is 1.50. The Hall–Kier alpha value is -3.22. The number of ether oxygens (including phenoxy) is 1. The Morgan fingerprint density at radius 1 is 0.875 bits per heavy atom. The summed E-state index contributed by atoms with van der Waals surface area (Å²) in [6.07, 6.45) is 1.42. The average Bonchev–Trinajstić information content (AvgIpc) is 2.77. The van der Waals surface area contributed by atoms with Gasteiger partial charge < -0.3 is 20.1 Å². The van der Waals surface area contributed by atoms with E-state index in [2.05, 4.69) is 0 Å². The van der Waals surface area contributed by atoms with Gasteiger partial charge in [0.2, 0.25) is 0 Å². The van der Waals surface area contributed by atoms with Crippen molar-refractivity contribution < 1.29 is 29.6 Å². The molecule has 2 aliphatic rings. The number of benzene rings is 3. The maximum atomic E-state index is 13.2. The number of phenols is 2. The Labute approximate surface area is 185 Å². The van der Waals surface area contributed by atoms with Crippen molar-refractivity contribution in [3.8, 4) is 11.5 Å². The number of aliphatic hydroxyl groups is 1. The van der Waals surface area contributed by atoms with Gasteiger partial charge in [-0.25, -0.2) is 0 Å². The predicted octanol–water partition coefficient (Wildman–Crippen LogP) is 3.85. The molecule has 2 aliphatic carbocycles. The summed E-state index contributed by atoms with van der Waals surface area (Å²) in [6.45, 7) is 0.331. The van der Waals surface area contributed by atoms with Crippen molar-refractivity contribution in [2.24, 2.45) is 0 Å². The maximum Gasteiger partial charge on any atom is 0.167 e. The minimum atomic E-state index is -1.35. The second-order valence-corrected chi connectivity index (χ2v) is 8.83. The number of hydrogen-bond acceptors (Lipinski definition) is 6. The summed E-state index contributed by atoms with van der Waals surface area (Å²) < 4.78 is 5.71. The molecule has 5 rings (SSSR count). The lowest BCUT2D eigenvalue weighted by molar-refractivity contribution is -0.0535. The van der Waals surface area contributed by atoms with Crippen LogP contribution in [0, 0.1) is 0 Å². The zero-order chi connectivity index (χ0) is 22.5. The van der Waals surface area contributed by atoms with Gasteiger partial charge in [0.1, 0.15) is 11.5 Å². The fourth-order valence-electron chi connectivity index (χ4n) is 5.04. The number of rotatable bonds is 4. The van der Waals surface area contributed by atoms with Crippen LogP contribution in [0.25, 0.3) is 10.8 Å². The number of fused-ring (bicyclic) bond motifs is 4. The van der Waals surface area contributed by atoms with Gasteiger partial charge in [-0.2, -0.15) is 0 Å². The number of Topliss-reactive ketones (excluding diaryl/α,β-unsaturated/α-hetero) is 2. The van der Waals surface area contributed by atoms with Crippen LogP contribution in [0.15, 0.2) is 42.5 Å². The summed E-state index contributed by atoms with van der Waals surface area (Å²) in [7, 11) is 0. The van der Waals surface area contributed by atoms with Crippen molar-refractivity contribution in [2.45, 2.75) is 44.3 Å². The molecule has 6 nitrogen and oxygen atoms in total. The molecule has 0 radical (unpaired) electrons. The molecule has 0 aliphatic heterocycles. The molecule has 0 amide bonds. The summed E-state index contributed by atoms with van der Waals surface area (Å²) in [4.78, 5) is 25.5. The molecule has 3 aromatic rings. The standard InChI is InChI=1S/C26H24O6/c27-19-8-4-7-17-22(19)24(29)18-10-9-16-11-26(31,12-20(28)21(16)23(18)25(17)30)14-32-13-15-5-2-1-3-6-15/h1-3,5-6,9-10,29-31H,4,7-8,11-14H2. The number of ketones is 2. The van der Waals surface area contributed by atoms with E-state index in [4.69, 9.17) is 4.74 Å². The van der Waals surface area contributed by atoms with E-state index in [0.717, 1.165) is 5.56 Å². The first kappa shape index (κ1) is 20.7. The van der Waals surface area contributed by atoms with Gasteiger partial charge in [0.25, 0.3) is 0 Å². The summed E-state index contributed by atoms with van der Waals surface area (Å²) in [6, 6.07) is 12.9. The highest BCUT2D eigenvalue weighted by molar-refractivity contribution is 6.17. The van der Waals surface area contributed by atoms with Gasteiger partial charge in [0.05, 0.1) is 24.4 Å². The summed E-state index contributed by atoms with van der Waals surface area (Å²) in [5.74, 6) is -0.814. The molecule has 6 heteroatoms. The van der Waals surface area contributed by atoms with E-state index < -0.39 is 5.60 Å². The number of carbonyl (C=O) groups is 2. The molecule has 0 aromatic heterocycles. The summed E-state index contributed by atoms with van der Waals surface area (Å²) in [5.41, 5.74) is 1.09. The molecule has 0 saturated carbocycles. The Morgan fingerprint density at radius 3 is 2.44 bits per heavy atom. The number of hydrogen-bond donors (Lipinski definition) is 3. The molecule has 1 atom stereocenters. The first-order valence-electron chi connectivity index (χ1n) is 10.8. The summed E-state index contributed by atoms with van der Waals surface area (Å²) in [5, 5.41) is 33.4. The molecule has 3 N–H and O–H groups in total. The van der Waals surface area contributed by atoms with Crippen LogP contribution in [0.3, 0.4) is 0 Å². The molecule has 164 valence electrons. The smallest absolute Gasteiger partial charge is 0.167 e. The number of phenolic OH excluding ortho intramolecular Hbond substituents is 2. The van der Waals surface area contributed by atoms with E-state index in [0.29, 0.717) is 42.6 Å². The van der Waals surface area contributed by atoms with Gasteiger partial charge in [-0.3, -0.25) is 9.59 Å². The topological polar surface area (TPSA) is 104 Å². The molecular formula is C26H24O6. The lowest BCUT2D eigenvalue weighted by Crippen LogP contribution is -2.43. The molecule has 0 spiro atoms. The van der Waals surface area contributed by atoms with Crippen molar-refractivity contribution >= 4 is 22.3 Å². The van der Waals surface area contributed by atoms with E-state index in [1.165, 1.54) is 0 Å². The molecule has 3 aromatic carbocycles. The van der Waals surface area contributed by atoms with Crippen LogP contribution in [0.2, 0.25) is 0 Å². The quantitative estimate of drug-likeness (QED) is 0.541. The third-order valence-electron chi connectivity index (χ3n) is 6.49. The minimum absolute atomic E-state index is 0.00103. The molecule has 0 heterocycles. The van der Waals surface area contributed by atoms with Crippen LogP contribution < -0.4 is 0 Å². The maximum absolute atomic E-state index is 13.2. The molecule has 1 unspecified atom stereocenters. The molecule has 0 saturated heterocycles. The summed E-state index contributed by atoms with van der Waals surface area (Å²) >= 11 is 0. The largest absolute Gasteiger partial charge is 0.507 e. The van der Waals surface area contributed by atoms with Crippen molar-refractivity contribution in [1.29, 1.82) is 0 Å². The highest BCUT2D eigenvalue weighted by Gasteiger charge is 2.39. The number of carbonyl (C=O) groups excluding carboxylic acids is 2. The molecule has 0 fully saturated rings. The van der Waals surface area contributed by atoms with Gasteiger partial charge in [0, 0.05) is 41.2 Å². The Kier molecular flexibility index (Phi) is 4.99. The van der Waals surface area contributed by atoms with Crippen LogP contribution in [-0.4, -0.2) is 39.1 Å². The van der Waals surface area contributed by atoms with Crippen LogP contribution in [-0.2, 0) is 24.2 Å². The van der Waals surface area contributed by atoms with E-state index in [9.17, 15) is 24.9 Å². The van der Waals surface area contributed by atoms with E-state index in [1.54, 1.807) is 12.1 Å². The van der Waals surface area contributed by atoms with Crippen LogP contribution >= 0.6 is 0 Å². The molecule has 32 heavy (non-hydrogen) atoms. The lowest BCUT2D eigenvalue weighted by atomic mass is 9.76. The fourth-order valence-corrected chi connectivity index (χ4v) is 5.04. The highest BCUT2D eigenvalue weighted by atomic mass is 16.5. The van der Waals surface area contributed by atoms with Gasteiger partial charge in [-0.1, -0.05) is 42.5 Å². The van der Waals surface area contributed by atoms with Gasteiger partial charge in [-0.05, 0) is 24.0 Å². The third-order valence-corrected chi connectivity index (χ3v) is 6.49. The normalized spacial score (nSPS) is 20.3. The Bertz CT molecular complexity index is 1250. The predicted molar refractivity (Wildman–Crippen MR) is 118 cm³/mol. The van der Waals surface area contributed by atoms with Crippen molar-refractivity contribution in [2.75, 3.05) is 6.61 Å². The van der Waals surface area contributed by atoms with E-state index >= 15 is 0 Å². The van der Waals surface area contributed by atoms with Crippen molar-refractivity contribution in [3.05, 3.63) is 70.3 Å². The van der Waals surface area contributed by atoms with Crippen LogP contribution in [0.1, 0.15) is 56.7 Å². The van der Waals surface area contributed by atoms with Crippen LogP contribution in [0.5, 0.6) is 11.5 Å². The molecule has 0 bridgehead atoms. The second kappa shape index (κ2) is 7.73. The minimum Gasteiger partial charge on any atom is -0.507 e. The first-order valence-corrected chi connectivity index (χ1v) is 10.8. The van der Waals surface area contributed by atoms with Crippen LogP contribution in [0.4, 0.5) is 0 Å². The van der Waals surface area contributed by atoms with Gasteiger partial charge in [0.15, 0.2) is 11.6 Å². The Morgan fingerprint density at radius 2 is 1.66 bits per heavy atom. The van der Waals surface area contributed by atoms with E-state index in [1.807, 2.05) is 30.3 Å². The van der Waals surface area contributed by atoms with E-state index in [-0.39, 0.29) is 58.8 Å². The zero-order valence-corrected chi connectivity index (χ0v) is 17.6. The fraction of sp³-hybridized carbons (Fsp3) is 0.308. The highest BCUT2D eigenvalue weighted by Crippen LogP contribution is 2.46. The first-order chi connectivity index (χ1) is 15.4. The SMILES string of the molecule is O=C1CCCc2c1c(O)c1ccc3c(c1c2O)C(=O)CC(O)(COCc1ccccc1)C3. The third kappa shape index (κ3) is 3.36. The zero-order valence-electron chi connectivity index (χ0n) is 17.6. The van der Waals surface area contributed by atoms with Gasteiger partial charge >= 0.3 is 0 Å².